The molecule has 0 radical (unpaired) electrons. The fraction of sp³-hybridized carbons (Fsp3) is 1.00. The van der Waals surface area contributed by atoms with E-state index >= 15 is 0 Å². The van der Waals surface area contributed by atoms with Gasteiger partial charge in [-0.3, -0.25) is 0 Å². The van der Waals surface area contributed by atoms with Gasteiger partial charge < -0.3 is 20.3 Å². The van der Waals surface area contributed by atoms with Crippen LogP contribution in [0.1, 0.15) is 40.0 Å². The molecule has 104 valence electrons. The predicted octanol–water partition coefficient (Wildman–Crippen LogP) is 1.16. The standard InChI is InChI=1S/C13H29NO3/c1-11(2)8-12(3)17-10-13(16)9-14-6-4-5-7-15/h11-16H,4-10H2,1-3H3. The van der Waals surface area contributed by atoms with Crippen LogP contribution in [0.4, 0.5) is 0 Å². The SMILES string of the molecule is CC(C)CC(C)OCC(O)CNCCCCO. The van der Waals surface area contributed by atoms with Gasteiger partial charge in [-0.2, -0.15) is 0 Å². The van der Waals surface area contributed by atoms with Crippen LogP contribution >= 0.6 is 0 Å². The van der Waals surface area contributed by atoms with E-state index in [1.165, 1.54) is 0 Å². The van der Waals surface area contributed by atoms with E-state index in [1.807, 2.05) is 6.92 Å². The Morgan fingerprint density at radius 3 is 2.47 bits per heavy atom. The Bertz CT molecular complexity index is 165. The normalized spacial score (nSPS) is 15.2. The van der Waals surface area contributed by atoms with Crippen molar-refractivity contribution in [3.8, 4) is 0 Å². The minimum Gasteiger partial charge on any atom is -0.396 e. The minimum atomic E-state index is -0.446. The molecule has 0 saturated heterocycles. The van der Waals surface area contributed by atoms with Crippen molar-refractivity contribution in [2.75, 3.05) is 26.3 Å². The molecule has 3 N–H and O–H groups in total. The fourth-order valence-electron chi connectivity index (χ4n) is 1.70. The third-order valence-electron chi connectivity index (χ3n) is 2.52. The Kier molecular flexibility index (Phi) is 10.9. The number of ether oxygens (including phenoxy) is 1. The monoisotopic (exact) mass is 247 g/mol. The van der Waals surface area contributed by atoms with Gasteiger partial charge in [-0.05, 0) is 38.6 Å². The minimum absolute atomic E-state index is 0.207. The summed E-state index contributed by atoms with van der Waals surface area (Å²) >= 11 is 0. The molecule has 0 aliphatic carbocycles. The molecule has 0 rings (SSSR count). The van der Waals surface area contributed by atoms with Gasteiger partial charge in [0.05, 0.1) is 18.8 Å². The van der Waals surface area contributed by atoms with Gasteiger partial charge in [-0.15, -0.1) is 0 Å². The van der Waals surface area contributed by atoms with Crippen molar-refractivity contribution >= 4 is 0 Å². The molecule has 17 heavy (non-hydrogen) atoms. The first-order valence-corrected chi connectivity index (χ1v) is 6.67. The molecule has 0 aliphatic heterocycles. The zero-order chi connectivity index (χ0) is 13.1. The first kappa shape index (κ1) is 16.8. The second-order valence-electron chi connectivity index (χ2n) is 5.06. The van der Waals surface area contributed by atoms with Crippen molar-refractivity contribution in [2.24, 2.45) is 5.92 Å². The molecule has 0 aliphatic rings. The maximum Gasteiger partial charge on any atom is 0.0897 e. The zero-order valence-corrected chi connectivity index (χ0v) is 11.5. The number of aliphatic hydroxyl groups excluding tert-OH is 2. The number of hydrogen-bond acceptors (Lipinski definition) is 4. The third kappa shape index (κ3) is 12.1. The number of hydrogen-bond donors (Lipinski definition) is 3. The summed E-state index contributed by atoms with van der Waals surface area (Å²) in [5.41, 5.74) is 0. The Hall–Kier alpha value is -0.160. The van der Waals surface area contributed by atoms with Gasteiger partial charge >= 0.3 is 0 Å². The van der Waals surface area contributed by atoms with E-state index in [4.69, 9.17) is 9.84 Å². The lowest BCUT2D eigenvalue weighted by molar-refractivity contribution is -0.00845. The Balaban J connectivity index is 3.36. The quantitative estimate of drug-likeness (QED) is 0.480. The molecule has 0 aromatic carbocycles. The molecule has 0 aromatic rings. The van der Waals surface area contributed by atoms with Crippen molar-refractivity contribution in [1.82, 2.24) is 5.32 Å². The van der Waals surface area contributed by atoms with Gasteiger partial charge in [-0.25, -0.2) is 0 Å². The van der Waals surface area contributed by atoms with Crippen molar-refractivity contribution in [2.45, 2.75) is 52.2 Å². The van der Waals surface area contributed by atoms with E-state index in [9.17, 15) is 5.11 Å². The summed E-state index contributed by atoms with van der Waals surface area (Å²) in [6.07, 6.45) is 2.54. The van der Waals surface area contributed by atoms with Gasteiger partial charge in [0.25, 0.3) is 0 Å². The lowest BCUT2D eigenvalue weighted by atomic mass is 10.1. The summed E-state index contributed by atoms with van der Waals surface area (Å²) in [5.74, 6) is 0.624. The molecular weight excluding hydrogens is 218 g/mol. The smallest absolute Gasteiger partial charge is 0.0897 e. The number of nitrogens with one attached hydrogen (secondary N) is 1. The van der Waals surface area contributed by atoms with Crippen LogP contribution in [-0.2, 0) is 4.74 Å². The summed E-state index contributed by atoms with van der Waals surface area (Å²) < 4.78 is 5.56. The Morgan fingerprint density at radius 2 is 1.88 bits per heavy atom. The molecule has 0 heterocycles. The zero-order valence-electron chi connectivity index (χ0n) is 11.5. The molecule has 4 nitrogen and oxygen atoms in total. The molecule has 2 unspecified atom stereocenters. The molecule has 0 amide bonds. The van der Waals surface area contributed by atoms with E-state index in [1.54, 1.807) is 0 Å². The van der Waals surface area contributed by atoms with Crippen LogP contribution in [0.3, 0.4) is 0 Å². The van der Waals surface area contributed by atoms with Gasteiger partial charge in [0.1, 0.15) is 0 Å². The van der Waals surface area contributed by atoms with Crippen LogP contribution in [0.2, 0.25) is 0 Å². The Morgan fingerprint density at radius 1 is 1.18 bits per heavy atom. The van der Waals surface area contributed by atoms with Crippen molar-refractivity contribution < 1.29 is 14.9 Å². The second-order valence-corrected chi connectivity index (χ2v) is 5.06. The topological polar surface area (TPSA) is 61.7 Å². The van der Waals surface area contributed by atoms with Gasteiger partial charge in [0.2, 0.25) is 0 Å². The average molecular weight is 247 g/mol. The van der Waals surface area contributed by atoms with Crippen LogP contribution in [0, 0.1) is 5.92 Å². The van der Waals surface area contributed by atoms with E-state index in [0.29, 0.717) is 19.1 Å². The summed E-state index contributed by atoms with van der Waals surface area (Å²) in [5, 5.41) is 21.4. The molecule has 4 heteroatoms. The maximum absolute atomic E-state index is 9.65. The van der Waals surface area contributed by atoms with Crippen LogP contribution in [-0.4, -0.2) is 48.7 Å². The van der Waals surface area contributed by atoms with Crippen LogP contribution < -0.4 is 5.32 Å². The van der Waals surface area contributed by atoms with Crippen LogP contribution in [0.15, 0.2) is 0 Å². The van der Waals surface area contributed by atoms with E-state index in [-0.39, 0.29) is 12.7 Å². The molecule has 0 saturated carbocycles. The van der Waals surface area contributed by atoms with Crippen molar-refractivity contribution in [3.05, 3.63) is 0 Å². The van der Waals surface area contributed by atoms with Crippen molar-refractivity contribution in [3.63, 3.8) is 0 Å². The summed E-state index contributed by atoms with van der Waals surface area (Å²) in [6.45, 7) is 8.39. The highest BCUT2D eigenvalue weighted by Gasteiger charge is 2.09. The first-order chi connectivity index (χ1) is 8.06. The molecule has 0 aromatic heterocycles. The lowest BCUT2D eigenvalue weighted by Gasteiger charge is -2.18. The number of unbranched alkanes of at least 4 members (excludes halogenated alkanes) is 1. The molecule has 0 bridgehead atoms. The predicted molar refractivity (Wildman–Crippen MR) is 70.1 cm³/mol. The van der Waals surface area contributed by atoms with Gasteiger partial charge in [0.15, 0.2) is 0 Å². The molecule has 0 fully saturated rings. The summed E-state index contributed by atoms with van der Waals surface area (Å²) in [7, 11) is 0. The number of rotatable bonds is 11. The fourth-order valence-corrected chi connectivity index (χ4v) is 1.70. The lowest BCUT2D eigenvalue weighted by Crippen LogP contribution is -2.32. The Labute approximate surface area is 105 Å². The first-order valence-electron chi connectivity index (χ1n) is 6.67. The van der Waals surface area contributed by atoms with E-state index < -0.39 is 6.10 Å². The number of aliphatic hydroxyl groups is 2. The average Bonchev–Trinajstić information content (AvgIpc) is 2.25. The highest BCUT2D eigenvalue weighted by Crippen LogP contribution is 2.07. The van der Waals surface area contributed by atoms with Gasteiger partial charge in [-0.1, -0.05) is 13.8 Å². The maximum atomic E-state index is 9.65. The molecule has 0 spiro atoms. The highest BCUT2D eigenvalue weighted by molar-refractivity contribution is 4.61. The van der Waals surface area contributed by atoms with Crippen LogP contribution in [0.5, 0.6) is 0 Å². The molecule has 2 atom stereocenters. The highest BCUT2D eigenvalue weighted by atomic mass is 16.5. The second kappa shape index (κ2) is 11.0. The summed E-state index contributed by atoms with van der Waals surface area (Å²) in [6, 6.07) is 0. The third-order valence-corrected chi connectivity index (χ3v) is 2.52. The van der Waals surface area contributed by atoms with Crippen LogP contribution in [0.25, 0.3) is 0 Å². The van der Waals surface area contributed by atoms with Crippen molar-refractivity contribution in [1.29, 1.82) is 0 Å². The van der Waals surface area contributed by atoms with Gasteiger partial charge in [0, 0.05) is 13.2 Å². The largest absolute Gasteiger partial charge is 0.396 e. The van der Waals surface area contributed by atoms with E-state index in [0.717, 1.165) is 25.8 Å². The molecular formula is C13H29NO3. The summed E-state index contributed by atoms with van der Waals surface area (Å²) in [4.78, 5) is 0. The van der Waals surface area contributed by atoms with E-state index in [2.05, 4.69) is 19.2 Å².